The predicted molar refractivity (Wildman–Crippen MR) is 135 cm³/mol. The van der Waals surface area contributed by atoms with Crippen LogP contribution >= 0.6 is 11.8 Å². The van der Waals surface area contributed by atoms with Crippen molar-refractivity contribution in [2.75, 3.05) is 13.2 Å². The van der Waals surface area contributed by atoms with Crippen molar-refractivity contribution in [1.29, 1.82) is 0 Å². The van der Waals surface area contributed by atoms with Crippen molar-refractivity contribution < 1.29 is 18.8 Å². The molecule has 0 aliphatic heterocycles. The highest BCUT2D eigenvalue weighted by Gasteiger charge is 2.25. The first-order valence-corrected chi connectivity index (χ1v) is 12.2. The normalized spacial score (nSPS) is 11.8. The Morgan fingerprint density at radius 3 is 2.47 bits per heavy atom. The fourth-order valence-electron chi connectivity index (χ4n) is 3.63. The molecule has 0 fully saturated rings. The summed E-state index contributed by atoms with van der Waals surface area (Å²) in [5.41, 5.74) is 2.38. The van der Waals surface area contributed by atoms with E-state index >= 15 is 0 Å². The lowest BCUT2D eigenvalue weighted by molar-refractivity contribution is -0.479. The van der Waals surface area contributed by atoms with Gasteiger partial charge >= 0.3 is 0 Å². The largest absolute Gasteiger partial charge is 0.490 e. The van der Waals surface area contributed by atoms with Crippen molar-refractivity contribution in [2.24, 2.45) is 0 Å². The van der Waals surface area contributed by atoms with Crippen LogP contribution in [-0.2, 0) is 6.61 Å². The van der Waals surface area contributed by atoms with Gasteiger partial charge in [-0.1, -0.05) is 48.2 Å². The number of rotatable bonds is 11. The van der Waals surface area contributed by atoms with Crippen LogP contribution in [0.3, 0.4) is 0 Å². The molecule has 0 radical (unpaired) electrons. The highest BCUT2D eigenvalue weighted by molar-refractivity contribution is 7.99. The third kappa shape index (κ3) is 6.19. The van der Waals surface area contributed by atoms with Crippen LogP contribution in [0.25, 0.3) is 5.69 Å². The molecule has 0 saturated heterocycles. The van der Waals surface area contributed by atoms with Crippen LogP contribution in [0.5, 0.6) is 11.5 Å². The molecule has 0 aliphatic carbocycles. The summed E-state index contributed by atoms with van der Waals surface area (Å²) in [5, 5.41) is 19.8. The zero-order valence-corrected chi connectivity index (χ0v) is 20.7. The van der Waals surface area contributed by atoms with Gasteiger partial charge in [0.05, 0.1) is 6.61 Å². The lowest BCUT2D eigenvalue weighted by Crippen LogP contribution is -2.11. The van der Waals surface area contributed by atoms with E-state index in [0.717, 1.165) is 5.56 Å². The molecule has 1 aromatic heterocycles. The van der Waals surface area contributed by atoms with E-state index in [9.17, 15) is 14.5 Å². The topological polar surface area (TPSA) is 92.3 Å². The molecule has 0 N–H and O–H groups in total. The number of aromatic nitrogens is 3. The molecule has 3 aromatic carbocycles. The minimum atomic E-state index is -0.579. The Morgan fingerprint density at radius 2 is 1.78 bits per heavy atom. The molecule has 10 heteroatoms. The third-order valence-electron chi connectivity index (χ3n) is 5.32. The summed E-state index contributed by atoms with van der Waals surface area (Å²) in [7, 11) is 0. The fourth-order valence-corrected chi connectivity index (χ4v) is 4.79. The summed E-state index contributed by atoms with van der Waals surface area (Å²) < 4.78 is 27.0. The number of ether oxygens (including phenoxy) is 2. The van der Waals surface area contributed by atoms with E-state index < -0.39 is 5.25 Å². The first-order valence-electron chi connectivity index (χ1n) is 11.3. The quantitative estimate of drug-likeness (QED) is 0.144. The van der Waals surface area contributed by atoms with Crippen LogP contribution in [0.1, 0.15) is 29.1 Å². The summed E-state index contributed by atoms with van der Waals surface area (Å²) in [4.78, 5) is 11.2. The zero-order valence-electron chi connectivity index (χ0n) is 19.8. The maximum absolute atomic E-state index is 13.4. The summed E-state index contributed by atoms with van der Waals surface area (Å²) in [5.74, 6) is 1.29. The number of hydrogen-bond acceptors (Lipinski definition) is 7. The molecule has 1 atom stereocenters. The molecule has 4 aromatic rings. The van der Waals surface area contributed by atoms with Gasteiger partial charge in [-0.25, -0.2) is 4.39 Å². The Hall–Kier alpha value is -3.92. The highest BCUT2D eigenvalue weighted by atomic mass is 32.2. The molecule has 0 spiro atoms. The maximum atomic E-state index is 13.4. The van der Waals surface area contributed by atoms with Crippen LogP contribution in [0.15, 0.2) is 78.0 Å². The second-order valence-corrected chi connectivity index (χ2v) is 9.05. The van der Waals surface area contributed by atoms with Crippen LogP contribution in [0.4, 0.5) is 4.39 Å². The predicted octanol–water partition coefficient (Wildman–Crippen LogP) is 5.80. The van der Waals surface area contributed by atoms with E-state index in [1.807, 2.05) is 37.3 Å². The van der Waals surface area contributed by atoms with Gasteiger partial charge in [-0.2, -0.15) is 0 Å². The molecule has 1 heterocycles. The van der Waals surface area contributed by atoms with Crippen LogP contribution in [-0.4, -0.2) is 32.8 Å². The van der Waals surface area contributed by atoms with Crippen molar-refractivity contribution in [2.45, 2.75) is 30.9 Å². The van der Waals surface area contributed by atoms with Gasteiger partial charge in [-0.3, -0.25) is 14.7 Å². The molecular formula is C26H25FN4O4S. The highest BCUT2D eigenvalue weighted by Crippen LogP contribution is 2.39. The Bertz CT molecular complexity index is 1320. The Balaban J connectivity index is 1.62. The van der Waals surface area contributed by atoms with Gasteiger partial charge in [0.25, 0.3) is 0 Å². The van der Waals surface area contributed by atoms with E-state index in [1.54, 1.807) is 41.8 Å². The lowest BCUT2D eigenvalue weighted by atomic mass is 10.1. The van der Waals surface area contributed by atoms with E-state index in [-0.39, 0.29) is 17.3 Å². The lowest BCUT2D eigenvalue weighted by Gasteiger charge is -2.17. The van der Waals surface area contributed by atoms with Crippen molar-refractivity contribution in [1.82, 2.24) is 14.8 Å². The van der Waals surface area contributed by atoms with E-state index in [1.165, 1.54) is 23.9 Å². The number of benzene rings is 3. The molecule has 0 bridgehead atoms. The van der Waals surface area contributed by atoms with Crippen molar-refractivity contribution in [3.8, 4) is 17.2 Å². The van der Waals surface area contributed by atoms with Crippen molar-refractivity contribution in [3.05, 3.63) is 106 Å². The molecule has 0 amide bonds. The van der Waals surface area contributed by atoms with Crippen LogP contribution < -0.4 is 9.47 Å². The van der Waals surface area contributed by atoms with Crippen molar-refractivity contribution in [3.63, 3.8) is 0 Å². The minimum Gasteiger partial charge on any atom is -0.490 e. The standard InChI is InChI=1S/C26H25FN4O4S/c1-3-34-24-15-20(9-14-23(24)35-17-19-7-5-4-6-8-19)25(16-30(32)33)36-26-29-28-18(2)31(26)22-12-10-21(27)11-13-22/h4-15,25H,3,16-17H2,1-2H3/t25-/m1/s1. The first kappa shape index (κ1) is 25.2. The second-order valence-electron chi connectivity index (χ2n) is 7.88. The van der Waals surface area contributed by atoms with Crippen LogP contribution in [0, 0.1) is 22.9 Å². The number of nitrogens with zero attached hydrogens (tertiary/aromatic N) is 4. The Morgan fingerprint density at radius 1 is 1.03 bits per heavy atom. The Kier molecular flexibility index (Phi) is 8.17. The number of aryl methyl sites for hydroxylation is 1. The molecule has 36 heavy (non-hydrogen) atoms. The number of halogens is 1. The summed E-state index contributed by atoms with van der Waals surface area (Å²) in [6, 6.07) is 21.0. The average molecular weight is 509 g/mol. The summed E-state index contributed by atoms with van der Waals surface area (Å²) in [6.07, 6.45) is 0. The first-order chi connectivity index (χ1) is 17.4. The fraction of sp³-hybridized carbons (Fsp3) is 0.231. The smallest absolute Gasteiger partial charge is 0.220 e. The molecule has 0 aliphatic rings. The van der Waals surface area contributed by atoms with Gasteiger partial charge in [-0.15, -0.1) is 10.2 Å². The molecule has 186 valence electrons. The van der Waals surface area contributed by atoms with Gasteiger partial charge in [0, 0.05) is 10.6 Å². The second kappa shape index (κ2) is 11.7. The number of hydrogen-bond donors (Lipinski definition) is 0. The molecule has 4 rings (SSSR count). The van der Waals surface area contributed by atoms with E-state index in [0.29, 0.717) is 46.9 Å². The van der Waals surface area contributed by atoms with Gasteiger partial charge in [-0.05, 0) is 61.4 Å². The monoisotopic (exact) mass is 508 g/mol. The third-order valence-corrected chi connectivity index (χ3v) is 6.50. The zero-order chi connectivity index (χ0) is 25.5. The van der Waals surface area contributed by atoms with Gasteiger partial charge in [0.1, 0.15) is 23.5 Å². The van der Waals surface area contributed by atoms with Gasteiger partial charge < -0.3 is 9.47 Å². The molecule has 8 nitrogen and oxygen atoms in total. The van der Waals surface area contributed by atoms with Crippen LogP contribution in [0.2, 0.25) is 0 Å². The molecular weight excluding hydrogens is 483 g/mol. The molecule has 0 unspecified atom stereocenters. The summed E-state index contributed by atoms with van der Waals surface area (Å²) >= 11 is 1.22. The maximum Gasteiger partial charge on any atom is 0.220 e. The van der Waals surface area contributed by atoms with E-state index in [4.69, 9.17) is 9.47 Å². The summed E-state index contributed by atoms with van der Waals surface area (Å²) in [6.45, 7) is 4.08. The number of nitro groups is 1. The van der Waals surface area contributed by atoms with Gasteiger partial charge in [0.2, 0.25) is 6.54 Å². The molecule has 0 saturated carbocycles. The van der Waals surface area contributed by atoms with E-state index in [2.05, 4.69) is 10.2 Å². The minimum absolute atomic E-state index is 0.338. The SMILES string of the molecule is CCOc1cc([C@@H](C[N+](=O)[O-])Sc2nnc(C)n2-c2ccc(F)cc2)ccc1OCc1ccccc1. The number of thioether (sulfide) groups is 1. The van der Waals surface area contributed by atoms with Crippen molar-refractivity contribution >= 4 is 11.8 Å². The van der Waals surface area contributed by atoms with Gasteiger partial charge in [0.15, 0.2) is 16.7 Å². The average Bonchev–Trinajstić information content (AvgIpc) is 3.23. The Labute approximate surface area is 212 Å².